The Balaban J connectivity index is 1.35. The van der Waals surface area contributed by atoms with Crippen LogP contribution in [0.5, 0.6) is 11.5 Å². The number of ether oxygens (including phenoxy) is 2. The van der Waals surface area contributed by atoms with Crippen LogP contribution in [0.4, 0.5) is 5.69 Å². The number of nitrogens with one attached hydrogen (secondary N) is 2. The Bertz CT molecular complexity index is 1000. The topological polar surface area (TPSA) is 76.7 Å². The summed E-state index contributed by atoms with van der Waals surface area (Å²) in [6, 6.07) is 24.8. The molecule has 0 saturated heterocycles. The summed E-state index contributed by atoms with van der Waals surface area (Å²) in [4.78, 5) is 24.1. The SMILES string of the molecule is CCCCCOc1ccc(NC(=O)C(=O)NCCOc2ccc(-c3ccccc3)cc2)cc1. The fourth-order valence-electron chi connectivity index (χ4n) is 3.15. The van der Waals surface area contributed by atoms with Gasteiger partial charge >= 0.3 is 11.8 Å². The predicted octanol–water partition coefficient (Wildman–Crippen LogP) is 5.06. The van der Waals surface area contributed by atoms with Crippen LogP contribution in [-0.2, 0) is 9.59 Å². The molecule has 6 heteroatoms. The molecule has 3 aromatic rings. The van der Waals surface area contributed by atoms with Gasteiger partial charge in [0.15, 0.2) is 0 Å². The predicted molar refractivity (Wildman–Crippen MR) is 130 cm³/mol. The summed E-state index contributed by atoms with van der Waals surface area (Å²) < 4.78 is 11.3. The molecule has 0 radical (unpaired) electrons. The second kappa shape index (κ2) is 12.9. The van der Waals surface area contributed by atoms with Crippen LogP contribution in [0.25, 0.3) is 11.1 Å². The van der Waals surface area contributed by atoms with Crippen molar-refractivity contribution in [2.45, 2.75) is 26.2 Å². The summed E-state index contributed by atoms with van der Waals surface area (Å²) in [6.45, 7) is 3.29. The number of hydrogen-bond acceptors (Lipinski definition) is 4. The van der Waals surface area contributed by atoms with Crippen molar-refractivity contribution in [1.29, 1.82) is 0 Å². The molecule has 0 bridgehead atoms. The molecule has 0 atom stereocenters. The highest BCUT2D eigenvalue weighted by Gasteiger charge is 2.13. The van der Waals surface area contributed by atoms with Crippen molar-refractivity contribution in [1.82, 2.24) is 5.32 Å². The van der Waals surface area contributed by atoms with Crippen LogP contribution in [-0.4, -0.2) is 31.6 Å². The molecule has 6 nitrogen and oxygen atoms in total. The van der Waals surface area contributed by atoms with Gasteiger partial charge in [0.25, 0.3) is 0 Å². The smallest absolute Gasteiger partial charge is 0.313 e. The Morgan fingerprint density at radius 1 is 0.697 bits per heavy atom. The maximum absolute atomic E-state index is 12.1. The Morgan fingerprint density at radius 3 is 1.97 bits per heavy atom. The van der Waals surface area contributed by atoms with Gasteiger partial charge in [0.1, 0.15) is 18.1 Å². The summed E-state index contributed by atoms with van der Waals surface area (Å²) in [7, 11) is 0. The molecule has 2 amide bonds. The average molecular weight is 447 g/mol. The van der Waals surface area contributed by atoms with Gasteiger partial charge in [-0.2, -0.15) is 0 Å². The largest absolute Gasteiger partial charge is 0.494 e. The number of anilines is 1. The molecule has 0 aliphatic rings. The highest BCUT2D eigenvalue weighted by Crippen LogP contribution is 2.22. The van der Waals surface area contributed by atoms with Gasteiger partial charge in [-0.25, -0.2) is 0 Å². The number of benzene rings is 3. The van der Waals surface area contributed by atoms with Crippen LogP contribution in [0.3, 0.4) is 0 Å². The molecule has 33 heavy (non-hydrogen) atoms. The molecule has 0 heterocycles. The highest BCUT2D eigenvalue weighted by atomic mass is 16.5. The Labute approximate surface area is 194 Å². The molecule has 0 fully saturated rings. The van der Waals surface area contributed by atoms with E-state index in [1.54, 1.807) is 24.3 Å². The molecule has 0 aliphatic heterocycles. The van der Waals surface area contributed by atoms with Crippen molar-refractivity contribution in [2.24, 2.45) is 0 Å². The van der Waals surface area contributed by atoms with Gasteiger partial charge in [-0.15, -0.1) is 0 Å². The molecular weight excluding hydrogens is 416 g/mol. The van der Waals surface area contributed by atoms with Crippen molar-refractivity contribution in [3.63, 3.8) is 0 Å². The number of carbonyl (C=O) groups is 2. The molecule has 2 N–H and O–H groups in total. The Hall–Kier alpha value is -3.80. The van der Waals surface area contributed by atoms with Gasteiger partial charge in [-0.3, -0.25) is 9.59 Å². The second-order valence-corrected chi connectivity index (χ2v) is 7.53. The fraction of sp³-hybridized carbons (Fsp3) is 0.259. The van der Waals surface area contributed by atoms with Crippen molar-refractivity contribution in [3.05, 3.63) is 78.9 Å². The summed E-state index contributed by atoms with van der Waals surface area (Å²) in [5.74, 6) is 0.00429. The maximum atomic E-state index is 12.1. The molecular formula is C27H30N2O4. The normalized spacial score (nSPS) is 10.3. The van der Waals surface area contributed by atoms with Gasteiger partial charge in [-0.05, 0) is 53.9 Å². The Kier molecular flexibility index (Phi) is 9.33. The highest BCUT2D eigenvalue weighted by molar-refractivity contribution is 6.39. The van der Waals surface area contributed by atoms with Crippen LogP contribution in [0.2, 0.25) is 0 Å². The minimum Gasteiger partial charge on any atom is -0.494 e. The summed E-state index contributed by atoms with van der Waals surface area (Å²) >= 11 is 0. The zero-order valence-corrected chi connectivity index (χ0v) is 18.9. The van der Waals surface area contributed by atoms with Crippen LogP contribution < -0.4 is 20.1 Å². The summed E-state index contributed by atoms with van der Waals surface area (Å²) in [5, 5.41) is 5.14. The minimum atomic E-state index is -0.723. The first-order valence-corrected chi connectivity index (χ1v) is 11.3. The minimum absolute atomic E-state index is 0.219. The third kappa shape index (κ3) is 8.00. The molecule has 3 aromatic carbocycles. The quantitative estimate of drug-likeness (QED) is 0.319. The molecule has 0 aliphatic carbocycles. The zero-order chi connectivity index (χ0) is 23.3. The van der Waals surface area contributed by atoms with Gasteiger partial charge in [0.05, 0.1) is 13.2 Å². The van der Waals surface area contributed by atoms with E-state index in [1.807, 2.05) is 54.6 Å². The van der Waals surface area contributed by atoms with Gasteiger partial charge < -0.3 is 20.1 Å². The van der Waals surface area contributed by atoms with E-state index in [1.165, 1.54) is 0 Å². The Morgan fingerprint density at radius 2 is 1.30 bits per heavy atom. The van der Waals surface area contributed by atoms with Crippen molar-refractivity contribution in [2.75, 3.05) is 25.1 Å². The maximum Gasteiger partial charge on any atom is 0.313 e. The monoisotopic (exact) mass is 446 g/mol. The van der Waals surface area contributed by atoms with Crippen LogP contribution >= 0.6 is 0 Å². The number of amides is 2. The molecule has 0 spiro atoms. The number of hydrogen-bond donors (Lipinski definition) is 2. The first-order chi connectivity index (χ1) is 16.2. The first-order valence-electron chi connectivity index (χ1n) is 11.3. The number of carbonyl (C=O) groups excluding carboxylic acids is 2. The van der Waals surface area contributed by atoms with Crippen molar-refractivity contribution in [3.8, 4) is 22.6 Å². The lowest BCUT2D eigenvalue weighted by Gasteiger charge is -2.10. The molecule has 0 unspecified atom stereocenters. The van der Waals surface area contributed by atoms with Crippen molar-refractivity contribution >= 4 is 17.5 Å². The van der Waals surface area contributed by atoms with E-state index in [0.717, 1.165) is 36.1 Å². The van der Waals surface area contributed by atoms with Gasteiger partial charge in [-0.1, -0.05) is 62.2 Å². The van der Waals surface area contributed by atoms with Crippen LogP contribution in [0.1, 0.15) is 26.2 Å². The molecule has 3 rings (SSSR count). The standard InChI is InChI=1S/C27H30N2O4/c1-2-3-7-19-32-25-16-12-23(13-17-25)29-27(31)26(30)28-18-20-33-24-14-10-22(11-15-24)21-8-5-4-6-9-21/h4-6,8-17H,2-3,7,18-20H2,1H3,(H,28,30)(H,29,31). The van der Waals surface area contributed by atoms with Gasteiger partial charge in [0, 0.05) is 5.69 Å². The van der Waals surface area contributed by atoms with Crippen LogP contribution in [0.15, 0.2) is 78.9 Å². The van der Waals surface area contributed by atoms with E-state index < -0.39 is 11.8 Å². The van der Waals surface area contributed by atoms with E-state index in [2.05, 4.69) is 17.6 Å². The zero-order valence-electron chi connectivity index (χ0n) is 18.9. The molecule has 0 saturated carbocycles. The lowest BCUT2D eigenvalue weighted by Crippen LogP contribution is -2.37. The van der Waals surface area contributed by atoms with E-state index in [9.17, 15) is 9.59 Å². The molecule has 0 aromatic heterocycles. The number of unbranched alkanes of at least 4 members (excludes halogenated alkanes) is 2. The van der Waals surface area contributed by atoms with E-state index in [-0.39, 0.29) is 13.2 Å². The number of rotatable bonds is 11. The summed E-state index contributed by atoms with van der Waals surface area (Å²) in [6.07, 6.45) is 3.29. The van der Waals surface area contributed by atoms with Crippen molar-refractivity contribution < 1.29 is 19.1 Å². The lowest BCUT2D eigenvalue weighted by molar-refractivity contribution is -0.136. The third-order valence-corrected chi connectivity index (χ3v) is 4.95. The fourth-order valence-corrected chi connectivity index (χ4v) is 3.15. The molecule has 172 valence electrons. The van der Waals surface area contributed by atoms with E-state index >= 15 is 0 Å². The van der Waals surface area contributed by atoms with Gasteiger partial charge in [0.2, 0.25) is 0 Å². The second-order valence-electron chi connectivity index (χ2n) is 7.53. The van der Waals surface area contributed by atoms with E-state index in [4.69, 9.17) is 9.47 Å². The van der Waals surface area contributed by atoms with Crippen LogP contribution in [0, 0.1) is 0 Å². The average Bonchev–Trinajstić information content (AvgIpc) is 2.86. The first kappa shape index (κ1) is 23.9. The summed E-state index contributed by atoms with van der Waals surface area (Å²) in [5.41, 5.74) is 2.77. The third-order valence-electron chi connectivity index (χ3n) is 4.95. The lowest BCUT2D eigenvalue weighted by atomic mass is 10.1. The van der Waals surface area contributed by atoms with E-state index in [0.29, 0.717) is 18.0 Å².